The number of ether oxygens (including phenoxy) is 1. The number of piperazine rings is 1. The molecule has 4 rings (SSSR count). The van der Waals surface area contributed by atoms with Gasteiger partial charge in [-0.15, -0.1) is 0 Å². The van der Waals surface area contributed by atoms with Crippen LogP contribution >= 0.6 is 0 Å². The van der Waals surface area contributed by atoms with Crippen molar-refractivity contribution in [2.24, 2.45) is 0 Å². The van der Waals surface area contributed by atoms with Crippen LogP contribution in [0.15, 0.2) is 47.3 Å². The van der Waals surface area contributed by atoms with Crippen molar-refractivity contribution in [1.29, 1.82) is 0 Å². The normalized spacial score (nSPS) is 14.3. The van der Waals surface area contributed by atoms with Gasteiger partial charge in [0.25, 0.3) is 5.56 Å². The predicted molar refractivity (Wildman–Crippen MR) is 123 cm³/mol. The highest BCUT2D eigenvalue weighted by Crippen LogP contribution is 2.24. The second-order valence-corrected chi connectivity index (χ2v) is 7.12. The van der Waals surface area contributed by atoms with Gasteiger partial charge in [0.2, 0.25) is 0 Å². The van der Waals surface area contributed by atoms with Crippen molar-refractivity contribution in [3.63, 3.8) is 0 Å². The van der Waals surface area contributed by atoms with Gasteiger partial charge < -0.3 is 10.1 Å². The van der Waals surface area contributed by atoms with E-state index in [2.05, 4.69) is 10.2 Å². The number of aromatic nitrogens is 2. The molecule has 6 heteroatoms. The van der Waals surface area contributed by atoms with Gasteiger partial charge in [-0.2, -0.15) is 0 Å². The first-order valence-electron chi connectivity index (χ1n) is 10.8. The summed E-state index contributed by atoms with van der Waals surface area (Å²) in [6.07, 6.45) is 0. The lowest BCUT2D eigenvalue weighted by Crippen LogP contribution is -2.44. The lowest BCUT2D eigenvalue weighted by molar-refractivity contribution is 0.226. The topological polar surface area (TPSA) is 59.4 Å². The molecule has 6 nitrogen and oxygen atoms in total. The van der Waals surface area contributed by atoms with Gasteiger partial charge >= 0.3 is 0 Å². The first kappa shape index (κ1) is 22.0. The Labute approximate surface area is 178 Å². The molecule has 2 heterocycles. The van der Waals surface area contributed by atoms with E-state index in [1.54, 1.807) is 4.57 Å². The molecule has 1 N–H and O–H groups in total. The maximum atomic E-state index is 13.5. The number of nitrogens with one attached hydrogen (secondary N) is 1. The van der Waals surface area contributed by atoms with Crippen molar-refractivity contribution < 1.29 is 4.74 Å². The Morgan fingerprint density at radius 2 is 1.83 bits per heavy atom. The number of fused-ring (bicyclic) bond motifs is 1. The molecule has 1 fully saturated rings. The molecule has 1 aromatic heterocycles. The van der Waals surface area contributed by atoms with Crippen molar-refractivity contribution in [1.82, 2.24) is 19.8 Å². The summed E-state index contributed by atoms with van der Waals surface area (Å²) < 4.78 is 7.54. The van der Waals surface area contributed by atoms with E-state index in [0.717, 1.165) is 48.8 Å². The van der Waals surface area contributed by atoms with Crippen LogP contribution in [0.2, 0.25) is 0 Å². The highest BCUT2D eigenvalue weighted by molar-refractivity contribution is 5.79. The minimum Gasteiger partial charge on any atom is -0.492 e. The van der Waals surface area contributed by atoms with E-state index in [0.29, 0.717) is 24.3 Å². The van der Waals surface area contributed by atoms with E-state index in [9.17, 15) is 4.79 Å². The van der Waals surface area contributed by atoms with Crippen LogP contribution in [0.1, 0.15) is 32.2 Å². The molecule has 30 heavy (non-hydrogen) atoms. The smallest absolute Gasteiger partial charge is 0.266 e. The van der Waals surface area contributed by atoms with Gasteiger partial charge in [-0.25, -0.2) is 4.98 Å². The Morgan fingerprint density at radius 3 is 2.57 bits per heavy atom. The molecule has 1 aliphatic rings. The molecule has 1 aliphatic heterocycles. The lowest BCUT2D eigenvalue weighted by Gasteiger charge is -2.28. The number of nitrogens with zero attached hydrogens (tertiary/aromatic N) is 3. The van der Waals surface area contributed by atoms with Crippen LogP contribution in [-0.2, 0) is 6.54 Å². The summed E-state index contributed by atoms with van der Waals surface area (Å²) in [4.78, 5) is 20.7. The molecule has 0 aliphatic carbocycles. The van der Waals surface area contributed by atoms with Crippen molar-refractivity contribution in [2.75, 3.05) is 32.8 Å². The van der Waals surface area contributed by atoms with Gasteiger partial charge in [0, 0.05) is 26.2 Å². The molecule has 0 spiro atoms. The van der Waals surface area contributed by atoms with E-state index >= 15 is 0 Å². The third-order valence-electron chi connectivity index (χ3n) is 5.07. The number of rotatable bonds is 5. The molecule has 0 unspecified atom stereocenters. The van der Waals surface area contributed by atoms with Crippen molar-refractivity contribution >= 4 is 10.9 Å². The SMILES string of the molecule is CC.CCOc1ccccc1-n1c(CN2CCNCC2)nc2cc(C)ccc2c1=O. The molecule has 0 saturated carbocycles. The molecule has 0 radical (unpaired) electrons. The average Bonchev–Trinajstić information content (AvgIpc) is 2.77. The molecule has 1 saturated heterocycles. The number of hydrogen-bond donors (Lipinski definition) is 1. The van der Waals surface area contributed by atoms with Gasteiger partial charge in [-0.3, -0.25) is 14.3 Å². The monoisotopic (exact) mass is 408 g/mol. The standard InChI is InChI=1S/C22H26N4O2.C2H6/c1-3-28-20-7-5-4-6-19(20)26-21(15-25-12-10-23-11-13-25)24-18-14-16(2)8-9-17(18)22(26)27;1-2/h4-9,14,23H,3,10-13,15H2,1-2H3;1-2H3. The molecular formula is C24H32N4O2. The van der Waals surface area contributed by atoms with Crippen molar-refractivity contribution in [3.8, 4) is 11.4 Å². The first-order chi connectivity index (χ1) is 14.7. The second kappa shape index (κ2) is 10.4. The zero-order valence-electron chi connectivity index (χ0n) is 18.4. The molecule has 2 aromatic carbocycles. The fraction of sp³-hybridized carbons (Fsp3) is 0.417. The van der Waals surface area contributed by atoms with Crippen LogP contribution in [-0.4, -0.2) is 47.2 Å². The summed E-state index contributed by atoms with van der Waals surface area (Å²) in [6, 6.07) is 13.5. The predicted octanol–water partition coefficient (Wildman–Crippen LogP) is 3.52. The summed E-state index contributed by atoms with van der Waals surface area (Å²) in [6.45, 7) is 12.9. The zero-order chi connectivity index (χ0) is 21.5. The number of para-hydroxylation sites is 2. The fourth-order valence-electron chi connectivity index (χ4n) is 3.68. The van der Waals surface area contributed by atoms with Crippen molar-refractivity contribution in [2.45, 2.75) is 34.2 Å². The van der Waals surface area contributed by atoms with Gasteiger partial charge in [-0.05, 0) is 43.7 Å². The molecule has 3 aromatic rings. The molecule has 160 valence electrons. The van der Waals surface area contributed by atoms with Gasteiger partial charge in [0.05, 0.1) is 29.7 Å². The quantitative estimate of drug-likeness (QED) is 0.700. The maximum absolute atomic E-state index is 13.5. The molecular weight excluding hydrogens is 376 g/mol. The molecule has 0 atom stereocenters. The van der Waals surface area contributed by atoms with Crippen LogP contribution in [0.4, 0.5) is 0 Å². The van der Waals surface area contributed by atoms with Gasteiger partial charge in [0.1, 0.15) is 11.6 Å². The Hall–Kier alpha value is -2.70. The van der Waals surface area contributed by atoms with Crippen LogP contribution in [0.25, 0.3) is 16.6 Å². The number of aryl methyl sites for hydroxylation is 1. The summed E-state index contributed by atoms with van der Waals surface area (Å²) in [5.74, 6) is 1.44. The summed E-state index contributed by atoms with van der Waals surface area (Å²) in [7, 11) is 0. The van der Waals surface area contributed by atoms with E-state index < -0.39 is 0 Å². The highest BCUT2D eigenvalue weighted by Gasteiger charge is 2.19. The van der Waals surface area contributed by atoms with E-state index in [-0.39, 0.29) is 5.56 Å². The minimum absolute atomic E-state index is 0.0534. The van der Waals surface area contributed by atoms with Crippen molar-refractivity contribution in [3.05, 3.63) is 64.2 Å². The average molecular weight is 409 g/mol. The highest BCUT2D eigenvalue weighted by atomic mass is 16.5. The van der Waals surface area contributed by atoms with Crippen LogP contribution in [0.3, 0.4) is 0 Å². The Balaban J connectivity index is 0.00000124. The number of hydrogen-bond acceptors (Lipinski definition) is 5. The van der Waals surface area contributed by atoms with E-state index in [1.165, 1.54) is 0 Å². The molecule has 0 bridgehead atoms. The maximum Gasteiger partial charge on any atom is 0.266 e. The zero-order valence-corrected chi connectivity index (χ0v) is 18.4. The largest absolute Gasteiger partial charge is 0.492 e. The Kier molecular flexibility index (Phi) is 7.60. The summed E-state index contributed by atoms with van der Waals surface area (Å²) >= 11 is 0. The van der Waals surface area contributed by atoms with Crippen LogP contribution < -0.4 is 15.6 Å². The second-order valence-electron chi connectivity index (χ2n) is 7.12. The van der Waals surface area contributed by atoms with Gasteiger partial charge in [-0.1, -0.05) is 32.0 Å². The summed E-state index contributed by atoms with van der Waals surface area (Å²) in [5.41, 5.74) is 2.54. The minimum atomic E-state index is -0.0534. The van der Waals surface area contributed by atoms with Crippen LogP contribution in [0.5, 0.6) is 5.75 Å². The first-order valence-corrected chi connectivity index (χ1v) is 10.8. The van der Waals surface area contributed by atoms with E-state index in [1.807, 2.05) is 70.2 Å². The van der Waals surface area contributed by atoms with Gasteiger partial charge in [0.15, 0.2) is 0 Å². The van der Waals surface area contributed by atoms with Crippen LogP contribution in [0, 0.1) is 6.92 Å². The Morgan fingerprint density at radius 1 is 1.10 bits per heavy atom. The Bertz CT molecular complexity index is 1040. The molecule has 0 amide bonds. The third kappa shape index (κ3) is 4.71. The van der Waals surface area contributed by atoms with E-state index in [4.69, 9.17) is 9.72 Å². The lowest BCUT2D eigenvalue weighted by atomic mass is 10.1. The summed E-state index contributed by atoms with van der Waals surface area (Å²) in [5, 5.41) is 4.00. The third-order valence-corrected chi connectivity index (χ3v) is 5.07. The fourth-order valence-corrected chi connectivity index (χ4v) is 3.68. The number of benzene rings is 2.